The molecule has 19 heavy (non-hydrogen) atoms. The summed E-state index contributed by atoms with van der Waals surface area (Å²) < 4.78 is 15.8. The predicted octanol–water partition coefficient (Wildman–Crippen LogP) is 1.77. The number of ether oxygens (including phenoxy) is 3. The summed E-state index contributed by atoms with van der Waals surface area (Å²) in [6.07, 6.45) is 0.599. The zero-order valence-corrected chi connectivity index (χ0v) is 12.8. The van der Waals surface area contributed by atoms with Crippen LogP contribution >= 0.6 is 0 Å². The number of rotatable bonds is 9. The van der Waals surface area contributed by atoms with Crippen molar-refractivity contribution in [1.29, 1.82) is 0 Å². The Kier molecular flexibility index (Phi) is 8.22. The van der Waals surface area contributed by atoms with Gasteiger partial charge in [0.1, 0.15) is 5.60 Å². The average molecular weight is 276 g/mol. The van der Waals surface area contributed by atoms with Gasteiger partial charge in [0.05, 0.1) is 31.8 Å². The molecule has 0 amide bonds. The van der Waals surface area contributed by atoms with Crippen LogP contribution in [0.1, 0.15) is 41.0 Å². The SMILES string of the molecule is CC(C)(C)OC(=O)C(C)(C)CCOCCOCCO. The molecule has 0 aromatic carbocycles. The second-order valence-corrected chi connectivity index (χ2v) is 6.08. The van der Waals surface area contributed by atoms with Crippen LogP contribution in [0.15, 0.2) is 0 Å². The Morgan fingerprint density at radius 1 is 0.947 bits per heavy atom. The molecule has 0 aromatic rings. The molecule has 0 spiro atoms. The number of hydrogen-bond acceptors (Lipinski definition) is 5. The van der Waals surface area contributed by atoms with Crippen LogP contribution in [-0.4, -0.2) is 49.7 Å². The van der Waals surface area contributed by atoms with E-state index in [4.69, 9.17) is 19.3 Å². The highest BCUT2D eigenvalue weighted by atomic mass is 16.6. The van der Waals surface area contributed by atoms with Crippen molar-refractivity contribution in [2.45, 2.75) is 46.6 Å². The van der Waals surface area contributed by atoms with E-state index in [0.717, 1.165) is 0 Å². The molecular formula is C14H28O5. The fraction of sp³-hybridized carbons (Fsp3) is 0.929. The van der Waals surface area contributed by atoms with Gasteiger partial charge in [0.25, 0.3) is 0 Å². The van der Waals surface area contributed by atoms with Crippen molar-refractivity contribution < 1.29 is 24.1 Å². The molecule has 0 aromatic heterocycles. The lowest BCUT2D eigenvalue weighted by Crippen LogP contribution is -2.34. The first-order chi connectivity index (χ1) is 8.69. The minimum absolute atomic E-state index is 0.0195. The lowest BCUT2D eigenvalue weighted by Gasteiger charge is -2.28. The minimum Gasteiger partial charge on any atom is -0.460 e. The molecule has 0 saturated heterocycles. The number of esters is 1. The molecule has 114 valence electrons. The maximum absolute atomic E-state index is 12.0. The Balaban J connectivity index is 3.81. The van der Waals surface area contributed by atoms with Gasteiger partial charge in [0.2, 0.25) is 0 Å². The third kappa shape index (κ3) is 9.87. The van der Waals surface area contributed by atoms with Gasteiger partial charge in [-0.05, 0) is 41.0 Å². The van der Waals surface area contributed by atoms with Crippen LogP contribution in [0.2, 0.25) is 0 Å². The largest absolute Gasteiger partial charge is 0.460 e. The van der Waals surface area contributed by atoms with E-state index in [-0.39, 0.29) is 12.6 Å². The van der Waals surface area contributed by atoms with Crippen molar-refractivity contribution >= 4 is 5.97 Å². The van der Waals surface area contributed by atoms with E-state index in [1.807, 2.05) is 34.6 Å². The van der Waals surface area contributed by atoms with Crippen molar-refractivity contribution in [3.63, 3.8) is 0 Å². The first-order valence-electron chi connectivity index (χ1n) is 6.69. The second-order valence-electron chi connectivity index (χ2n) is 6.08. The Bertz CT molecular complexity index is 255. The Morgan fingerprint density at radius 3 is 1.95 bits per heavy atom. The minimum atomic E-state index is -0.556. The monoisotopic (exact) mass is 276 g/mol. The summed E-state index contributed by atoms with van der Waals surface area (Å²) in [7, 11) is 0. The van der Waals surface area contributed by atoms with Gasteiger partial charge in [0.15, 0.2) is 0 Å². The van der Waals surface area contributed by atoms with Gasteiger partial charge in [-0.3, -0.25) is 4.79 Å². The van der Waals surface area contributed by atoms with Crippen molar-refractivity contribution in [3.05, 3.63) is 0 Å². The van der Waals surface area contributed by atoms with E-state index < -0.39 is 11.0 Å². The third-order valence-corrected chi connectivity index (χ3v) is 2.43. The van der Waals surface area contributed by atoms with E-state index >= 15 is 0 Å². The van der Waals surface area contributed by atoms with Gasteiger partial charge in [0, 0.05) is 6.61 Å². The van der Waals surface area contributed by atoms with Gasteiger partial charge < -0.3 is 19.3 Å². The van der Waals surface area contributed by atoms with E-state index in [1.165, 1.54) is 0 Å². The fourth-order valence-electron chi connectivity index (χ4n) is 1.23. The quantitative estimate of drug-likeness (QED) is 0.513. The number of carbonyl (C=O) groups is 1. The molecule has 5 nitrogen and oxygen atoms in total. The Labute approximate surface area is 116 Å². The van der Waals surface area contributed by atoms with E-state index in [1.54, 1.807) is 0 Å². The van der Waals surface area contributed by atoms with Crippen molar-refractivity contribution in [3.8, 4) is 0 Å². The molecule has 0 saturated carbocycles. The number of aliphatic hydroxyl groups excluding tert-OH is 1. The maximum Gasteiger partial charge on any atom is 0.312 e. The zero-order valence-electron chi connectivity index (χ0n) is 12.8. The average Bonchev–Trinajstić information content (AvgIpc) is 2.25. The topological polar surface area (TPSA) is 65.0 Å². The van der Waals surface area contributed by atoms with Gasteiger partial charge in [-0.15, -0.1) is 0 Å². The standard InChI is InChI=1S/C14H28O5/c1-13(2,3)19-12(16)14(4,5)6-8-17-10-11-18-9-7-15/h15H,6-11H2,1-5H3. The van der Waals surface area contributed by atoms with Gasteiger partial charge in [-0.1, -0.05) is 0 Å². The van der Waals surface area contributed by atoms with Crippen LogP contribution in [0, 0.1) is 5.41 Å². The molecule has 0 unspecified atom stereocenters. The number of aliphatic hydroxyl groups is 1. The molecule has 1 N–H and O–H groups in total. The molecule has 0 radical (unpaired) electrons. The summed E-state index contributed by atoms with van der Waals surface area (Å²) in [4.78, 5) is 12.0. The number of carbonyl (C=O) groups excluding carboxylic acids is 1. The molecule has 0 heterocycles. The summed E-state index contributed by atoms with van der Waals surface area (Å²) in [5.41, 5.74) is -1.02. The number of hydrogen-bond donors (Lipinski definition) is 1. The molecular weight excluding hydrogens is 248 g/mol. The van der Waals surface area contributed by atoms with Crippen LogP contribution in [0.4, 0.5) is 0 Å². The summed E-state index contributed by atoms with van der Waals surface area (Å²) in [6.45, 7) is 11.0. The van der Waals surface area contributed by atoms with E-state index in [2.05, 4.69) is 0 Å². The van der Waals surface area contributed by atoms with Crippen molar-refractivity contribution in [1.82, 2.24) is 0 Å². The zero-order chi connectivity index (χ0) is 14.9. The second kappa shape index (κ2) is 8.51. The van der Waals surface area contributed by atoms with Crippen molar-refractivity contribution in [2.75, 3.05) is 33.0 Å². The van der Waals surface area contributed by atoms with E-state index in [9.17, 15) is 4.79 Å². The van der Waals surface area contributed by atoms with Crippen LogP contribution in [-0.2, 0) is 19.0 Å². The third-order valence-electron chi connectivity index (χ3n) is 2.43. The highest BCUT2D eigenvalue weighted by molar-refractivity contribution is 5.76. The maximum atomic E-state index is 12.0. The highest BCUT2D eigenvalue weighted by Crippen LogP contribution is 2.25. The predicted molar refractivity (Wildman–Crippen MR) is 73.0 cm³/mol. The first kappa shape index (κ1) is 18.4. The van der Waals surface area contributed by atoms with Crippen molar-refractivity contribution in [2.24, 2.45) is 5.41 Å². The fourth-order valence-corrected chi connectivity index (χ4v) is 1.23. The Hall–Kier alpha value is -0.650. The van der Waals surface area contributed by atoms with Gasteiger partial charge >= 0.3 is 5.97 Å². The van der Waals surface area contributed by atoms with Crippen LogP contribution in [0.5, 0.6) is 0 Å². The molecule has 0 bridgehead atoms. The van der Waals surface area contributed by atoms with Crippen LogP contribution < -0.4 is 0 Å². The summed E-state index contributed by atoms with van der Waals surface area (Å²) in [5, 5.41) is 8.51. The molecule has 0 aliphatic heterocycles. The Morgan fingerprint density at radius 2 is 1.47 bits per heavy atom. The van der Waals surface area contributed by atoms with Gasteiger partial charge in [-0.2, -0.15) is 0 Å². The lowest BCUT2D eigenvalue weighted by molar-refractivity contribution is -0.166. The van der Waals surface area contributed by atoms with Crippen LogP contribution in [0.25, 0.3) is 0 Å². The summed E-state index contributed by atoms with van der Waals surface area (Å²) in [5.74, 6) is -0.208. The van der Waals surface area contributed by atoms with Crippen LogP contribution in [0.3, 0.4) is 0 Å². The van der Waals surface area contributed by atoms with E-state index in [0.29, 0.717) is 32.8 Å². The molecule has 0 aliphatic rings. The van der Waals surface area contributed by atoms with Gasteiger partial charge in [-0.25, -0.2) is 0 Å². The molecule has 0 aliphatic carbocycles. The summed E-state index contributed by atoms with van der Waals surface area (Å²) >= 11 is 0. The first-order valence-corrected chi connectivity index (χ1v) is 6.69. The normalized spacial score (nSPS) is 12.5. The lowest BCUT2D eigenvalue weighted by atomic mass is 9.89. The summed E-state index contributed by atoms with van der Waals surface area (Å²) in [6, 6.07) is 0. The highest BCUT2D eigenvalue weighted by Gasteiger charge is 2.32. The molecule has 0 atom stereocenters. The molecule has 0 fully saturated rings. The smallest absolute Gasteiger partial charge is 0.312 e. The molecule has 5 heteroatoms. The molecule has 0 rings (SSSR count).